The molecule has 2 aliphatic heterocycles. The number of aliphatic hydroxyl groups is 1. The molecule has 4 nitrogen and oxygen atoms in total. The van der Waals surface area contributed by atoms with Crippen molar-refractivity contribution in [1.29, 1.82) is 0 Å². The van der Waals surface area contributed by atoms with Gasteiger partial charge in [0.1, 0.15) is 0 Å². The van der Waals surface area contributed by atoms with Gasteiger partial charge in [0, 0.05) is 31.6 Å². The molecule has 1 N–H and O–H groups in total. The van der Waals surface area contributed by atoms with Gasteiger partial charge in [-0.25, -0.2) is 13.2 Å². The van der Waals surface area contributed by atoms with Crippen molar-refractivity contribution in [2.75, 3.05) is 26.2 Å². The summed E-state index contributed by atoms with van der Waals surface area (Å²) in [5, 5.41) is 9.59. The summed E-state index contributed by atoms with van der Waals surface area (Å²) in [5.41, 5.74) is 0.195. The smallest absolute Gasteiger partial charge is 0.222 e. The Labute approximate surface area is 151 Å². The van der Waals surface area contributed by atoms with Crippen molar-refractivity contribution in [3.8, 4) is 0 Å². The van der Waals surface area contributed by atoms with Crippen LogP contribution >= 0.6 is 0 Å². The highest BCUT2D eigenvalue weighted by atomic mass is 19.2. The third-order valence-corrected chi connectivity index (χ3v) is 5.66. The maximum absolute atomic E-state index is 13.9. The molecule has 3 rings (SSSR count). The monoisotopic (exact) mass is 370 g/mol. The van der Waals surface area contributed by atoms with Crippen LogP contribution in [0.25, 0.3) is 0 Å². The number of halogens is 3. The average Bonchev–Trinajstić information content (AvgIpc) is 2.60. The van der Waals surface area contributed by atoms with E-state index < -0.39 is 23.6 Å². The Hall–Kier alpha value is -1.60. The number of nitrogens with zero attached hydrogens (tertiary/aromatic N) is 2. The summed E-state index contributed by atoms with van der Waals surface area (Å²) in [7, 11) is 0. The molecule has 1 aromatic rings. The fourth-order valence-electron chi connectivity index (χ4n) is 4.11. The van der Waals surface area contributed by atoms with Gasteiger partial charge in [0.2, 0.25) is 5.91 Å². The normalized spacial score (nSPS) is 22.0. The Morgan fingerprint density at radius 2 is 1.85 bits per heavy atom. The quantitative estimate of drug-likeness (QED) is 0.829. The van der Waals surface area contributed by atoms with Crippen molar-refractivity contribution < 1.29 is 23.1 Å². The van der Waals surface area contributed by atoms with E-state index >= 15 is 0 Å². The summed E-state index contributed by atoms with van der Waals surface area (Å²) >= 11 is 0. The Morgan fingerprint density at radius 3 is 2.50 bits per heavy atom. The highest BCUT2D eigenvalue weighted by Gasteiger charge is 2.41. The largest absolute Gasteiger partial charge is 0.392 e. The van der Waals surface area contributed by atoms with Gasteiger partial charge in [0.15, 0.2) is 17.5 Å². The molecule has 144 valence electrons. The molecule has 1 spiro atoms. The third-order valence-electron chi connectivity index (χ3n) is 5.66. The molecular weight excluding hydrogens is 345 g/mol. The molecule has 0 radical (unpaired) electrons. The lowest BCUT2D eigenvalue weighted by Crippen LogP contribution is -2.52. The fourth-order valence-corrected chi connectivity index (χ4v) is 4.11. The average molecular weight is 370 g/mol. The molecule has 1 atom stereocenters. The molecule has 1 unspecified atom stereocenters. The molecule has 2 saturated heterocycles. The van der Waals surface area contributed by atoms with E-state index in [1.165, 1.54) is 6.07 Å². The molecular formula is C19H25F3N2O2. The second-order valence-corrected chi connectivity index (χ2v) is 7.73. The number of benzene rings is 1. The Bertz CT molecular complexity index is 673. The van der Waals surface area contributed by atoms with Gasteiger partial charge >= 0.3 is 0 Å². The number of hydrogen-bond donors (Lipinski definition) is 1. The van der Waals surface area contributed by atoms with Crippen LogP contribution in [0.2, 0.25) is 0 Å². The highest BCUT2D eigenvalue weighted by molar-refractivity contribution is 5.77. The minimum Gasteiger partial charge on any atom is -0.392 e. The first-order valence-corrected chi connectivity index (χ1v) is 9.10. The maximum Gasteiger partial charge on any atom is 0.222 e. The number of carbonyl (C=O) groups excluding carboxylic acids is 1. The van der Waals surface area contributed by atoms with Crippen molar-refractivity contribution in [2.24, 2.45) is 5.41 Å². The van der Waals surface area contributed by atoms with Crippen molar-refractivity contribution in [1.82, 2.24) is 9.80 Å². The fraction of sp³-hybridized carbons (Fsp3) is 0.632. The van der Waals surface area contributed by atoms with Crippen LogP contribution in [-0.2, 0) is 11.3 Å². The van der Waals surface area contributed by atoms with Crippen LogP contribution in [0.3, 0.4) is 0 Å². The maximum atomic E-state index is 13.9. The van der Waals surface area contributed by atoms with E-state index in [2.05, 4.69) is 0 Å². The molecule has 0 saturated carbocycles. The highest BCUT2D eigenvalue weighted by Crippen LogP contribution is 2.40. The summed E-state index contributed by atoms with van der Waals surface area (Å²) in [6.07, 6.45) is 2.50. The van der Waals surface area contributed by atoms with Crippen molar-refractivity contribution >= 4 is 5.91 Å². The van der Waals surface area contributed by atoms with E-state index in [0.29, 0.717) is 19.5 Å². The zero-order valence-electron chi connectivity index (χ0n) is 15.0. The summed E-state index contributed by atoms with van der Waals surface area (Å²) < 4.78 is 40.3. The van der Waals surface area contributed by atoms with Gasteiger partial charge in [0.25, 0.3) is 0 Å². The molecule has 0 aromatic heterocycles. The minimum atomic E-state index is -1.42. The van der Waals surface area contributed by atoms with E-state index in [9.17, 15) is 23.1 Å². The summed E-state index contributed by atoms with van der Waals surface area (Å²) in [6.45, 7) is 4.35. The van der Waals surface area contributed by atoms with E-state index in [0.717, 1.165) is 38.4 Å². The van der Waals surface area contributed by atoms with Gasteiger partial charge in [-0.1, -0.05) is 6.07 Å². The molecule has 26 heavy (non-hydrogen) atoms. The first-order valence-electron chi connectivity index (χ1n) is 9.10. The molecule has 1 amide bonds. The number of hydrogen-bond acceptors (Lipinski definition) is 3. The Morgan fingerprint density at radius 1 is 1.15 bits per heavy atom. The van der Waals surface area contributed by atoms with E-state index in [4.69, 9.17) is 0 Å². The standard InChI is InChI=1S/C19H25F3N2O2/c1-13(25)10-24-12-19(5-4-16(24)26)6-8-23(9-7-19)11-14-2-3-15(20)18(22)17(14)21/h2-3,13,25H,4-12H2,1H3. The number of likely N-dealkylation sites (tertiary alicyclic amines) is 2. The molecule has 0 aliphatic carbocycles. The summed E-state index contributed by atoms with van der Waals surface area (Å²) in [4.78, 5) is 15.8. The van der Waals surface area contributed by atoms with Crippen LogP contribution in [-0.4, -0.2) is 53.1 Å². The predicted molar refractivity (Wildman–Crippen MR) is 90.8 cm³/mol. The number of rotatable bonds is 4. The van der Waals surface area contributed by atoms with Crippen LogP contribution in [0.15, 0.2) is 12.1 Å². The number of β-amino-alcohol motifs (C(OH)–C–C–N with tert-alkyl or cyclic N) is 1. The summed E-state index contributed by atoms with van der Waals surface area (Å²) in [6, 6.07) is 2.25. The van der Waals surface area contributed by atoms with Crippen molar-refractivity contribution in [2.45, 2.75) is 45.3 Å². The summed E-state index contributed by atoms with van der Waals surface area (Å²) in [5.74, 6) is -3.62. The second kappa shape index (κ2) is 7.56. The van der Waals surface area contributed by atoms with E-state index in [1.807, 2.05) is 4.90 Å². The molecule has 0 bridgehead atoms. The molecule has 2 fully saturated rings. The lowest BCUT2D eigenvalue weighted by Gasteiger charge is -2.47. The van der Waals surface area contributed by atoms with Crippen LogP contribution in [0.4, 0.5) is 13.2 Å². The Balaban J connectivity index is 1.60. The lowest BCUT2D eigenvalue weighted by molar-refractivity contribution is -0.140. The van der Waals surface area contributed by atoms with Gasteiger partial charge in [-0.05, 0) is 50.8 Å². The topological polar surface area (TPSA) is 43.8 Å². The molecule has 2 heterocycles. The Kier molecular flexibility index (Phi) is 5.58. The molecule has 2 aliphatic rings. The number of amides is 1. The molecule has 1 aromatic carbocycles. The van der Waals surface area contributed by atoms with Gasteiger partial charge in [-0.15, -0.1) is 0 Å². The SMILES string of the molecule is CC(O)CN1CC2(CCC1=O)CCN(Cc1ccc(F)c(F)c1F)CC2. The number of carbonyl (C=O) groups is 1. The van der Waals surface area contributed by atoms with Crippen LogP contribution in [0.1, 0.15) is 38.2 Å². The third kappa shape index (κ3) is 4.04. The van der Waals surface area contributed by atoms with E-state index in [-0.39, 0.29) is 23.4 Å². The number of aliphatic hydroxyl groups excluding tert-OH is 1. The zero-order valence-corrected chi connectivity index (χ0v) is 15.0. The van der Waals surface area contributed by atoms with Crippen LogP contribution < -0.4 is 0 Å². The van der Waals surface area contributed by atoms with Gasteiger partial charge in [-0.3, -0.25) is 9.69 Å². The molecule has 7 heteroatoms. The van der Waals surface area contributed by atoms with Crippen molar-refractivity contribution in [3.05, 3.63) is 35.1 Å². The van der Waals surface area contributed by atoms with Gasteiger partial charge in [0.05, 0.1) is 6.10 Å². The second-order valence-electron chi connectivity index (χ2n) is 7.73. The van der Waals surface area contributed by atoms with Gasteiger partial charge < -0.3 is 10.0 Å². The van der Waals surface area contributed by atoms with Crippen molar-refractivity contribution in [3.63, 3.8) is 0 Å². The minimum absolute atomic E-state index is 0.0336. The van der Waals surface area contributed by atoms with Crippen LogP contribution in [0, 0.1) is 22.9 Å². The predicted octanol–water partition coefficient (Wildman–Crippen LogP) is 2.69. The number of piperidine rings is 2. The van der Waals surface area contributed by atoms with Gasteiger partial charge in [-0.2, -0.15) is 0 Å². The first kappa shape index (κ1) is 19.2. The zero-order chi connectivity index (χ0) is 18.9. The van der Waals surface area contributed by atoms with Crippen LogP contribution in [0.5, 0.6) is 0 Å². The first-order chi connectivity index (χ1) is 12.3. The van der Waals surface area contributed by atoms with E-state index in [1.54, 1.807) is 11.8 Å². The lowest BCUT2D eigenvalue weighted by atomic mass is 9.72.